The first kappa shape index (κ1) is 7.98. The Morgan fingerprint density at radius 3 is 3.00 bits per heavy atom. The van der Waals surface area contributed by atoms with E-state index in [0.29, 0.717) is 6.17 Å². The maximum atomic E-state index is 5.36. The summed E-state index contributed by atoms with van der Waals surface area (Å²) in [7, 11) is 0. The zero-order chi connectivity index (χ0) is 7.23. The molecule has 0 amide bonds. The summed E-state index contributed by atoms with van der Waals surface area (Å²) >= 11 is 0. The average molecular weight is 143 g/mol. The van der Waals surface area contributed by atoms with E-state index in [1.54, 1.807) is 0 Å². The van der Waals surface area contributed by atoms with Gasteiger partial charge in [-0.3, -0.25) is 0 Å². The lowest BCUT2D eigenvalue weighted by Crippen LogP contribution is -2.46. The molecule has 1 aliphatic heterocycles. The molecule has 0 aromatic heterocycles. The predicted octanol–water partition coefficient (Wildman–Crippen LogP) is -0.366. The van der Waals surface area contributed by atoms with E-state index in [9.17, 15) is 0 Å². The highest BCUT2D eigenvalue weighted by molar-refractivity contribution is 4.69. The van der Waals surface area contributed by atoms with Crippen LogP contribution in [0.4, 0.5) is 0 Å². The van der Waals surface area contributed by atoms with Crippen molar-refractivity contribution in [2.24, 2.45) is 5.73 Å². The monoisotopic (exact) mass is 143 g/mol. The van der Waals surface area contributed by atoms with E-state index in [-0.39, 0.29) is 0 Å². The van der Waals surface area contributed by atoms with E-state index in [1.807, 2.05) is 0 Å². The summed E-state index contributed by atoms with van der Waals surface area (Å²) in [6.07, 6.45) is 4.44. The highest BCUT2D eigenvalue weighted by Gasteiger charge is 2.09. The number of hydrogen-bond donors (Lipinski definition) is 3. The molecule has 1 aliphatic rings. The minimum absolute atomic E-state index is 0.525. The van der Waals surface area contributed by atoms with E-state index < -0.39 is 0 Å². The number of piperidine rings is 1. The van der Waals surface area contributed by atoms with Crippen molar-refractivity contribution in [1.82, 2.24) is 10.6 Å². The Hall–Kier alpha value is -0.120. The molecule has 0 spiro atoms. The largest absolute Gasteiger partial charge is 0.329 e. The second kappa shape index (κ2) is 4.66. The molecule has 1 fully saturated rings. The Labute approximate surface area is 62.4 Å². The molecule has 0 radical (unpaired) electrons. The topological polar surface area (TPSA) is 50.1 Å². The Morgan fingerprint density at radius 2 is 2.40 bits per heavy atom. The van der Waals surface area contributed by atoms with Crippen molar-refractivity contribution in [3.05, 3.63) is 0 Å². The first-order valence-electron chi connectivity index (χ1n) is 4.10. The van der Waals surface area contributed by atoms with Crippen molar-refractivity contribution in [3.63, 3.8) is 0 Å². The van der Waals surface area contributed by atoms with Crippen molar-refractivity contribution in [1.29, 1.82) is 0 Å². The van der Waals surface area contributed by atoms with Crippen LogP contribution in [0.3, 0.4) is 0 Å². The van der Waals surface area contributed by atoms with Gasteiger partial charge in [-0.25, -0.2) is 0 Å². The van der Waals surface area contributed by atoms with Crippen molar-refractivity contribution in [2.45, 2.75) is 25.4 Å². The molecule has 1 rings (SSSR count). The molecular formula is C7H17N3. The van der Waals surface area contributed by atoms with E-state index in [2.05, 4.69) is 10.6 Å². The third-order valence-corrected chi connectivity index (χ3v) is 1.85. The molecule has 4 N–H and O–H groups in total. The van der Waals surface area contributed by atoms with E-state index in [1.165, 1.54) is 19.3 Å². The highest BCUT2D eigenvalue weighted by Crippen LogP contribution is 2.03. The van der Waals surface area contributed by atoms with Gasteiger partial charge in [0.05, 0.1) is 6.17 Å². The zero-order valence-corrected chi connectivity index (χ0v) is 6.40. The molecule has 3 nitrogen and oxygen atoms in total. The minimum atomic E-state index is 0.525. The minimum Gasteiger partial charge on any atom is -0.329 e. The predicted molar refractivity (Wildman–Crippen MR) is 42.7 cm³/mol. The van der Waals surface area contributed by atoms with E-state index in [4.69, 9.17) is 5.73 Å². The Balaban J connectivity index is 2.02. The Morgan fingerprint density at radius 1 is 1.50 bits per heavy atom. The molecule has 0 saturated carbocycles. The van der Waals surface area contributed by atoms with Gasteiger partial charge < -0.3 is 16.4 Å². The first-order chi connectivity index (χ1) is 4.93. The number of hydrogen-bond acceptors (Lipinski definition) is 3. The van der Waals surface area contributed by atoms with Crippen LogP contribution in [-0.4, -0.2) is 25.8 Å². The quantitative estimate of drug-likeness (QED) is 0.505. The van der Waals surface area contributed by atoms with Crippen LogP contribution >= 0.6 is 0 Å². The van der Waals surface area contributed by atoms with Gasteiger partial charge in [-0.1, -0.05) is 0 Å². The molecular weight excluding hydrogens is 126 g/mol. The van der Waals surface area contributed by atoms with Gasteiger partial charge in [0.25, 0.3) is 0 Å². The molecule has 0 aromatic rings. The van der Waals surface area contributed by atoms with Gasteiger partial charge in [-0.2, -0.15) is 0 Å². The van der Waals surface area contributed by atoms with Crippen LogP contribution in [-0.2, 0) is 0 Å². The number of nitrogens with two attached hydrogens (primary N) is 1. The van der Waals surface area contributed by atoms with Crippen LogP contribution in [0.5, 0.6) is 0 Å². The second-order valence-corrected chi connectivity index (χ2v) is 2.75. The normalized spacial score (nSPS) is 26.7. The zero-order valence-electron chi connectivity index (χ0n) is 6.40. The summed E-state index contributed by atoms with van der Waals surface area (Å²) in [4.78, 5) is 0. The first-order valence-corrected chi connectivity index (χ1v) is 4.10. The summed E-state index contributed by atoms with van der Waals surface area (Å²) in [6.45, 7) is 2.82. The van der Waals surface area contributed by atoms with E-state index >= 15 is 0 Å². The van der Waals surface area contributed by atoms with Crippen molar-refractivity contribution in [3.8, 4) is 0 Å². The van der Waals surface area contributed by atoms with Crippen LogP contribution in [0.2, 0.25) is 0 Å². The maximum Gasteiger partial charge on any atom is 0.0572 e. The molecule has 0 aromatic carbocycles. The van der Waals surface area contributed by atoms with Crippen molar-refractivity contribution >= 4 is 0 Å². The van der Waals surface area contributed by atoms with Gasteiger partial charge in [-0.15, -0.1) is 0 Å². The third kappa shape index (κ3) is 2.64. The lowest BCUT2D eigenvalue weighted by Gasteiger charge is -2.24. The Bertz CT molecular complexity index is 78.9. The lowest BCUT2D eigenvalue weighted by atomic mass is 10.1. The van der Waals surface area contributed by atoms with Gasteiger partial charge in [0.2, 0.25) is 0 Å². The third-order valence-electron chi connectivity index (χ3n) is 1.85. The van der Waals surface area contributed by atoms with E-state index in [0.717, 1.165) is 19.6 Å². The number of nitrogens with one attached hydrogen (secondary N) is 2. The standard InChI is InChI=1S/C7H17N3/c8-4-6-10-7-3-1-2-5-9-7/h7,9-10H,1-6,8H2. The van der Waals surface area contributed by atoms with Gasteiger partial charge in [0.15, 0.2) is 0 Å². The molecule has 1 unspecified atom stereocenters. The van der Waals surface area contributed by atoms with Crippen LogP contribution in [0.1, 0.15) is 19.3 Å². The molecule has 1 heterocycles. The molecule has 10 heavy (non-hydrogen) atoms. The molecule has 1 atom stereocenters. The smallest absolute Gasteiger partial charge is 0.0572 e. The fourth-order valence-electron chi connectivity index (χ4n) is 1.28. The van der Waals surface area contributed by atoms with Crippen LogP contribution in [0.25, 0.3) is 0 Å². The fraction of sp³-hybridized carbons (Fsp3) is 1.00. The maximum absolute atomic E-state index is 5.36. The summed E-state index contributed by atoms with van der Waals surface area (Å²) in [6, 6.07) is 0. The summed E-state index contributed by atoms with van der Waals surface area (Å²) < 4.78 is 0. The van der Waals surface area contributed by atoms with Crippen LogP contribution < -0.4 is 16.4 Å². The molecule has 60 valence electrons. The van der Waals surface area contributed by atoms with Crippen LogP contribution in [0, 0.1) is 0 Å². The van der Waals surface area contributed by atoms with Gasteiger partial charge in [0.1, 0.15) is 0 Å². The molecule has 0 bridgehead atoms. The second-order valence-electron chi connectivity index (χ2n) is 2.75. The Kier molecular flexibility index (Phi) is 3.72. The lowest BCUT2D eigenvalue weighted by molar-refractivity contribution is 0.347. The van der Waals surface area contributed by atoms with Gasteiger partial charge in [-0.05, 0) is 25.8 Å². The molecule has 1 saturated heterocycles. The van der Waals surface area contributed by atoms with Crippen LogP contribution in [0.15, 0.2) is 0 Å². The molecule has 3 heteroatoms. The number of rotatable bonds is 3. The SMILES string of the molecule is NCCNC1CCCCN1. The van der Waals surface area contributed by atoms with Gasteiger partial charge >= 0.3 is 0 Å². The summed E-state index contributed by atoms with van der Waals surface area (Å²) in [5.74, 6) is 0. The average Bonchev–Trinajstić information content (AvgIpc) is 2.03. The van der Waals surface area contributed by atoms with Crippen molar-refractivity contribution in [2.75, 3.05) is 19.6 Å². The highest BCUT2D eigenvalue weighted by atomic mass is 15.1. The van der Waals surface area contributed by atoms with Gasteiger partial charge in [0, 0.05) is 13.1 Å². The summed E-state index contributed by atoms with van der Waals surface area (Å²) in [5, 5.41) is 6.72. The molecule has 0 aliphatic carbocycles. The van der Waals surface area contributed by atoms with Crippen molar-refractivity contribution < 1.29 is 0 Å². The fourth-order valence-corrected chi connectivity index (χ4v) is 1.28. The summed E-state index contributed by atoms with van der Waals surface area (Å²) in [5.41, 5.74) is 5.36.